The van der Waals surface area contributed by atoms with Gasteiger partial charge in [0.15, 0.2) is 0 Å². The molecule has 12 heteroatoms. The van der Waals surface area contributed by atoms with Crippen LogP contribution >= 0.6 is 93.5 Å². The van der Waals surface area contributed by atoms with Crippen molar-refractivity contribution in [2.75, 3.05) is 0 Å². The highest BCUT2D eigenvalue weighted by Gasteiger charge is 2.57. The second-order valence-electron chi connectivity index (χ2n) is 10.4. The lowest BCUT2D eigenvalue weighted by atomic mass is 10.1. The first-order valence-electron chi connectivity index (χ1n) is 14.1. The predicted octanol–water partition coefficient (Wildman–Crippen LogP) is 14.0. The number of thioether (sulfide) groups is 4. The van der Waals surface area contributed by atoms with Gasteiger partial charge < -0.3 is 0 Å². The standard InChI is InChI=1S/C34H30Cl4F4S4/c35-27-9-1-23(2-10-27)19-43-31(44-20-24-3-11-28(36)12-4-24)17-33(39,40)34(41,42)18-32(45-21-25-5-13-29(37)14-6-25)46-22-26-7-15-30(38)16-8-26/h1-16,31-32H,17-22H2. The van der Waals surface area contributed by atoms with Crippen LogP contribution in [0.5, 0.6) is 0 Å². The van der Waals surface area contributed by atoms with Crippen LogP contribution < -0.4 is 0 Å². The maximum Gasteiger partial charge on any atom is 0.312 e. The molecule has 4 aromatic carbocycles. The molecule has 4 aromatic rings. The maximum absolute atomic E-state index is 15.7. The summed E-state index contributed by atoms with van der Waals surface area (Å²) in [4.78, 5) is 0. The lowest BCUT2D eigenvalue weighted by Gasteiger charge is -2.32. The van der Waals surface area contributed by atoms with E-state index in [-0.39, 0.29) is 0 Å². The average Bonchev–Trinajstić information content (AvgIpc) is 3.02. The first kappa shape index (κ1) is 38.0. The summed E-state index contributed by atoms with van der Waals surface area (Å²) >= 11 is 28.9. The van der Waals surface area contributed by atoms with E-state index in [1.807, 2.05) is 48.5 Å². The Balaban J connectivity index is 1.47. The van der Waals surface area contributed by atoms with Crippen LogP contribution in [0.3, 0.4) is 0 Å². The molecule has 0 saturated carbocycles. The second kappa shape index (κ2) is 18.2. The molecule has 0 nitrogen and oxygen atoms in total. The van der Waals surface area contributed by atoms with Crippen molar-refractivity contribution >= 4 is 93.5 Å². The molecule has 0 aromatic heterocycles. The zero-order valence-corrected chi connectivity index (χ0v) is 30.6. The normalized spacial score (nSPS) is 12.3. The lowest BCUT2D eigenvalue weighted by molar-refractivity contribution is -0.211. The van der Waals surface area contributed by atoms with Gasteiger partial charge in [-0.2, -0.15) is 17.6 Å². The minimum absolute atomic E-state index is 0.383. The smallest absolute Gasteiger partial charge is 0.200 e. The average molecular weight is 785 g/mol. The zero-order valence-electron chi connectivity index (χ0n) is 24.3. The van der Waals surface area contributed by atoms with Gasteiger partial charge in [0.2, 0.25) is 0 Å². The highest BCUT2D eigenvalue weighted by Crippen LogP contribution is 2.49. The van der Waals surface area contributed by atoms with Crippen LogP contribution in [0.2, 0.25) is 20.1 Å². The van der Waals surface area contributed by atoms with Crippen LogP contribution in [0.15, 0.2) is 97.1 Å². The number of halogens is 8. The van der Waals surface area contributed by atoms with Crippen molar-refractivity contribution < 1.29 is 17.6 Å². The van der Waals surface area contributed by atoms with Gasteiger partial charge in [-0.3, -0.25) is 0 Å². The molecule has 0 amide bonds. The first-order chi connectivity index (χ1) is 21.9. The van der Waals surface area contributed by atoms with Gasteiger partial charge in [0.05, 0.1) is 9.16 Å². The van der Waals surface area contributed by atoms with Crippen molar-refractivity contribution in [3.63, 3.8) is 0 Å². The van der Waals surface area contributed by atoms with Crippen LogP contribution in [0.4, 0.5) is 17.6 Å². The van der Waals surface area contributed by atoms with Gasteiger partial charge in [-0.25, -0.2) is 0 Å². The van der Waals surface area contributed by atoms with Gasteiger partial charge in [-0.1, -0.05) is 94.9 Å². The summed E-state index contributed by atoms with van der Waals surface area (Å²) in [6.45, 7) is 0. The lowest BCUT2D eigenvalue weighted by Crippen LogP contribution is -2.43. The van der Waals surface area contributed by atoms with E-state index in [0.29, 0.717) is 43.1 Å². The number of benzene rings is 4. The van der Waals surface area contributed by atoms with Crippen LogP contribution in [0, 0.1) is 0 Å². The summed E-state index contributed by atoms with van der Waals surface area (Å²) in [5.41, 5.74) is 3.50. The van der Waals surface area contributed by atoms with Gasteiger partial charge in [0.25, 0.3) is 0 Å². The summed E-state index contributed by atoms with van der Waals surface area (Å²) in [7, 11) is 0. The summed E-state index contributed by atoms with van der Waals surface area (Å²) in [5.74, 6) is -6.95. The molecule has 0 atom stereocenters. The third-order valence-corrected chi connectivity index (χ3v) is 13.6. The molecule has 0 saturated heterocycles. The fourth-order valence-electron chi connectivity index (χ4n) is 4.13. The number of alkyl halides is 4. The van der Waals surface area contributed by atoms with Crippen molar-refractivity contribution in [2.24, 2.45) is 0 Å². The molecule has 0 spiro atoms. The van der Waals surface area contributed by atoms with Crippen LogP contribution in [0.1, 0.15) is 35.1 Å². The van der Waals surface area contributed by atoms with Crippen LogP contribution in [-0.4, -0.2) is 21.0 Å². The number of rotatable bonds is 17. The minimum atomic E-state index is -4.24. The molecule has 0 aliphatic carbocycles. The van der Waals surface area contributed by atoms with Gasteiger partial charge in [-0.05, 0) is 70.8 Å². The Hall–Kier alpha value is -0.840. The maximum atomic E-state index is 15.7. The Morgan fingerprint density at radius 3 is 0.783 bits per heavy atom. The largest absolute Gasteiger partial charge is 0.312 e. The van der Waals surface area contributed by atoms with Crippen molar-refractivity contribution in [1.82, 2.24) is 0 Å². The molecule has 0 N–H and O–H groups in total. The molecule has 0 fully saturated rings. The Labute approximate surface area is 305 Å². The van der Waals surface area contributed by atoms with Crippen LogP contribution in [-0.2, 0) is 23.0 Å². The molecule has 0 bridgehead atoms. The molecule has 0 radical (unpaired) electrons. The molecule has 46 heavy (non-hydrogen) atoms. The number of hydrogen-bond donors (Lipinski definition) is 0. The van der Waals surface area contributed by atoms with Gasteiger partial charge in [0.1, 0.15) is 0 Å². The highest BCUT2D eigenvalue weighted by atomic mass is 35.5. The summed E-state index contributed by atoms with van der Waals surface area (Å²) < 4.78 is 61.3. The Kier molecular flexibility index (Phi) is 15.1. The zero-order chi connectivity index (χ0) is 33.2. The Bertz CT molecular complexity index is 1280. The fraction of sp³-hybridized carbons (Fsp3) is 0.294. The van der Waals surface area contributed by atoms with E-state index in [9.17, 15) is 0 Å². The Morgan fingerprint density at radius 2 is 0.587 bits per heavy atom. The van der Waals surface area contributed by atoms with Gasteiger partial charge in [-0.15, -0.1) is 47.0 Å². The minimum Gasteiger partial charge on any atom is -0.200 e. The monoisotopic (exact) mass is 782 g/mol. The van der Waals surface area contributed by atoms with E-state index in [1.54, 1.807) is 48.5 Å². The molecular formula is C34H30Cl4F4S4. The van der Waals surface area contributed by atoms with Crippen molar-refractivity contribution in [1.29, 1.82) is 0 Å². The van der Waals surface area contributed by atoms with E-state index < -0.39 is 33.9 Å². The molecule has 0 unspecified atom stereocenters. The quantitative estimate of drug-likeness (QED) is 0.0772. The Morgan fingerprint density at radius 1 is 0.391 bits per heavy atom. The van der Waals surface area contributed by atoms with E-state index in [2.05, 4.69) is 0 Å². The molecule has 246 valence electrons. The van der Waals surface area contributed by atoms with Gasteiger partial charge in [0, 0.05) is 55.9 Å². The van der Waals surface area contributed by atoms with E-state index in [1.165, 1.54) is 47.0 Å². The van der Waals surface area contributed by atoms with E-state index in [4.69, 9.17) is 46.4 Å². The third kappa shape index (κ3) is 12.6. The topological polar surface area (TPSA) is 0 Å². The first-order valence-corrected chi connectivity index (χ1v) is 19.8. The summed E-state index contributed by atoms with van der Waals surface area (Å²) in [6.07, 6.45) is -1.96. The molecule has 0 aliphatic heterocycles. The summed E-state index contributed by atoms with van der Waals surface area (Å²) in [6, 6.07) is 28.2. The van der Waals surface area contributed by atoms with Gasteiger partial charge >= 0.3 is 11.8 Å². The summed E-state index contributed by atoms with van der Waals surface area (Å²) in [5, 5.41) is 2.24. The SMILES string of the molecule is FC(F)(CC(SCc1ccc(Cl)cc1)SCc1ccc(Cl)cc1)C(F)(F)CC(SCc1ccc(Cl)cc1)SCc1ccc(Cl)cc1. The van der Waals surface area contributed by atoms with E-state index in [0.717, 1.165) is 22.3 Å². The van der Waals surface area contributed by atoms with Crippen molar-refractivity contribution in [3.8, 4) is 0 Å². The van der Waals surface area contributed by atoms with E-state index >= 15 is 17.6 Å². The molecule has 0 heterocycles. The second-order valence-corrected chi connectivity index (χ2v) is 17.5. The molecular weight excluding hydrogens is 754 g/mol. The highest BCUT2D eigenvalue weighted by molar-refractivity contribution is 8.16. The van der Waals surface area contributed by atoms with Crippen molar-refractivity contribution in [2.45, 2.75) is 56.9 Å². The fourth-order valence-corrected chi connectivity index (χ4v) is 9.81. The third-order valence-electron chi connectivity index (χ3n) is 6.78. The predicted molar refractivity (Wildman–Crippen MR) is 198 cm³/mol. The van der Waals surface area contributed by atoms with Crippen LogP contribution in [0.25, 0.3) is 0 Å². The molecule has 4 rings (SSSR count). The van der Waals surface area contributed by atoms with Crippen molar-refractivity contribution in [3.05, 3.63) is 139 Å². The molecule has 0 aliphatic rings. The number of hydrogen-bond acceptors (Lipinski definition) is 4.